The number of aliphatic carboxylic acids is 1. The number of carbonyl (C=O) groups is 1. The molecule has 0 amide bonds. The molecular formula is C19H23NO4. The van der Waals surface area contributed by atoms with Crippen molar-refractivity contribution in [1.29, 1.82) is 0 Å². The summed E-state index contributed by atoms with van der Waals surface area (Å²) in [5.74, 6) is 0.717. The van der Waals surface area contributed by atoms with Crippen LogP contribution in [0.4, 0.5) is 0 Å². The van der Waals surface area contributed by atoms with Crippen LogP contribution in [0.15, 0.2) is 36.4 Å². The quantitative estimate of drug-likeness (QED) is 0.850. The predicted octanol–water partition coefficient (Wildman–Crippen LogP) is 3.36. The van der Waals surface area contributed by atoms with Crippen molar-refractivity contribution in [2.75, 3.05) is 14.1 Å². The molecule has 5 nitrogen and oxygen atoms in total. The van der Waals surface area contributed by atoms with Gasteiger partial charge in [0.05, 0.1) is 0 Å². The lowest BCUT2D eigenvalue weighted by molar-refractivity contribution is -0.142. The molecule has 0 radical (unpaired) electrons. The van der Waals surface area contributed by atoms with E-state index in [0.717, 1.165) is 22.4 Å². The number of benzene rings is 2. The Morgan fingerprint density at radius 3 is 2.25 bits per heavy atom. The Morgan fingerprint density at radius 1 is 1.08 bits per heavy atom. The second-order valence-electron chi connectivity index (χ2n) is 6.09. The summed E-state index contributed by atoms with van der Waals surface area (Å²) in [6.07, 6.45) is 0.439. The molecule has 0 heterocycles. The Kier molecular flexibility index (Phi) is 5.46. The molecule has 5 heteroatoms. The maximum atomic E-state index is 11.4. The minimum absolute atomic E-state index is 0.189. The Hall–Kier alpha value is -2.53. The average molecular weight is 329 g/mol. The lowest BCUT2D eigenvalue weighted by Crippen LogP contribution is -2.37. The maximum absolute atomic E-state index is 11.4. The zero-order valence-corrected chi connectivity index (χ0v) is 14.4. The molecular weight excluding hydrogens is 306 g/mol. The van der Waals surface area contributed by atoms with E-state index < -0.39 is 12.0 Å². The van der Waals surface area contributed by atoms with Crippen LogP contribution in [0, 0.1) is 13.8 Å². The Morgan fingerprint density at radius 2 is 1.71 bits per heavy atom. The number of hydrogen-bond donors (Lipinski definition) is 2. The lowest BCUT2D eigenvalue weighted by Gasteiger charge is -2.22. The predicted molar refractivity (Wildman–Crippen MR) is 92.9 cm³/mol. The van der Waals surface area contributed by atoms with Gasteiger partial charge in [0.25, 0.3) is 0 Å². The van der Waals surface area contributed by atoms with Gasteiger partial charge in [-0.1, -0.05) is 6.07 Å². The van der Waals surface area contributed by atoms with Gasteiger partial charge in [0.1, 0.15) is 23.3 Å². The number of nitrogens with zero attached hydrogens (tertiary/aromatic N) is 1. The van der Waals surface area contributed by atoms with Gasteiger partial charge in [-0.2, -0.15) is 0 Å². The molecule has 0 saturated carbocycles. The summed E-state index contributed by atoms with van der Waals surface area (Å²) < 4.78 is 5.86. The molecule has 2 aromatic carbocycles. The minimum atomic E-state index is -0.832. The maximum Gasteiger partial charge on any atom is 0.321 e. The highest BCUT2D eigenvalue weighted by Gasteiger charge is 2.21. The molecule has 2 aromatic rings. The fourth-order valence-corrected chi connectivity index (χ4v) is 2.52. The van der Waals surface area contributed by atoms with Crippen LogP contribution < -0.4 is 4.74 Å². The highest BCUT2D eigenvalue weighted by atomic mass is 16.5. The molecule has 0 aliphatic carbocycles. The van der Waals surface area contributed by atoms with E-state index in [-0.39, 0.29) is 5.75 Å². The number of phenols is 1. The van der Waals surface area contributed by atoms with Gasteiger partial charge in [0.2, 0.25) is 0 Å². The Bertz CT molecular complexity index is 723. The van der Waals surface area contributed by atoms with Gasteiger partial charge >= 0.3 is 5.97 Å². The highest BCUT2D eigenvalue weighted by Crippen LogP contribution is 2.30. The van der Waals surface area contributed by atoms with Crippen molar-refractivity contribution in [3.63, 3.8) is 0 Å². The number of aromatic hydroxyl groups is 1. The molecule has 0 bridgehead atoms. The van der Waals surface area contributed by atoms with Crippen LogP contribution in [0.1, 0.15) is 16.7 Å². The fraction of sp³-hybridized carbons (Fsp3) is 0.316. The van der Waals surface area contributed by atoms with Crippen LogP contribution >= 0.6 is 0 Å². The zero-order chi connectivity index (χ0) is 17.9. The molecule has 128 valence electrons. The molecule has 0 saturated heterocycles. The number of likely N-dealkylation sites (N-methyl/N-ethyl adjacent to an activating group) is 1. The van der Waals surface area contributed by atoms with Crippen molar-refractivity contribution in [2.45, 2.75) is 26.3 Å². The van der Waals surface area contributed by atoms with E-state index in [2.05, 4.69) is 0 Å². The molecule has 0 fully saturated rings. The van der Waals surface area contributed by atoms with Crippen LogP contribution in [0.3, 0.4) is 0 Å². The molecule has 0 aromatic heterocycles. The summed E-state index contributed by atoms with van der Waals surface area (Å²) in [4.78, 5) is 13.1. The Labute approximate surface area is 142 Å². The second kappa shape index (κ2) is 7.36. The topological polar surface area (TPSA) is 70.0 Å². The van der Waals surface area contributed by atoms with E-state index in [1.54, 1.807) is 43.3 Å². The molecule has 1 unspecified atom stereocenters. The van der Waals surface area contributed by atoms with Crippen molar-refractivity contribution in [3.8, 4) is 17.2 Å². The summed E-state index contributed by atoms with van der Waals surface area (Å²) in [5.41, 5.74) is 2.99. The molecule has 1 atom stereocenters. The molecule has 0 aliphatic rings. The number of rotatable bonds is 6. The van der Waals surface area contributed by atoms with Gasteiger partial charge in [0.15, 0.2) is 0 Å². The van der Waals surface area contributed by atoms with Gasteiger partial charge in [-0.15, -0.1) is 0 Å². The third-order valence-corrected chi connectivity index (χ3v) is 4.24. The van der Waals surface area contributed by atoms with Gasteiger partial charge in [-0.3, -0.25) is 9.69 Å². The van der Waals surface area contributed by atoms with Crippen molar-refractivity contribution >= 4 is 5.97 Å². The molecule has 0 aliphatic heterocycles. The van der Waals surface area contributed by atoms with Crippen molar-refractivity contribution in [2.24, 2.45) is 0 Å². The van der Waals surface area contributed by atoms with Gasteiger partial charge < -0.3 is 14.9 Å². The lowest BCUT2D eigenvalue weighted by atomic mass is 9.96. The number of ether oxygens (including phenoxy) is 1. The summed E-state index contributed by atoms with van der Waals surface area (Å²) >= 11 is 0. The van der Waals surface area contributed by atoms with E-state index in [0.29, 0.717) is 12.2 Å². The Balaban J connectivity index is 2.24. The van der Waals surface area contributed by atoms with Gasteiger partial charge in [0, 0.05) is 0 Å². The van der Waals surface area contributed by atoms with Crippen LogP contribution in [0.2, 0.25) is 0 Å². The normalized spacial score (nSPS) is 12.2. The van der Waals surface area contributed by atoms with Crippen molar-refractivity contribution < 1.29 is 19.7 Å². The van der Waals surface area contributed by atoms with Gasteiger partial charge in [-0.05, 0) is 81.4 Å². The number of phenolic OH excluding ortho intramolecular Hbond substituents is 1. The van der Waals surface area contributed by atoms with Gasteiger partial charge in [-0.25, -0.2) is 0 Å². The van der Waals surface area contributed by atoms with E-state index in [1.807, 2.05) is 26.0 Å². The minimum Gasteiger partial charge on any atom is -0.508 e. The summed E-state index contributed by atoms with van der Waals surface area (Å²) in [6, 6.07) is 9.75. The van der Waals surface area contributed by atoms with Crippen molar-refractivity contribution in [1.82, 2.24) is 4.90 Å². The average Bonchev–Trinajstić information content (AvgIpc) is 2.52. The van der Waals surface area contributed by atoms with Crippen LogP contribution in [0.25, 0.3) is 0 Å². The van der Waals surface area contributed by atoms with Crippen LogP contribution in [0.5, 0.6) is 17.2 Å². The molecule has 2 N–H and O–H groups in total. The standard InChI is InChI=1S/C19H23NO4/c1-12-13(2)18(24-16-8-6-15(21)7-9-16)10-5-14(12)11-17(19(22)23)20(3)4/h5-10,17,21H,11H2,1-4H3,(H,22,23). The van der Waals surface area contributed by atoms with E-state index >= 15 is 0 Å². The number of carboxylic acid groups (broad SMARTS) is 1. The zero-order valence-electron chi connectivity index (χ0n) is 14.4. The third-order valence-electron chi connectivity index (χ3n) is 4.24. The smallest absolute Gasteiger partial charge is 0.321 e. The first-order valence-electron chi connectivity index (χ1n) is 7.74. The summed E-state index contributed by atoms with van der Waals surface area (Å²) in [7, 11) is 3.53. The molecule has 2 rings (SSSR count). The fourth-order valence-electron chi connectivity index (χ4n) is 2.52. The highest BCUT2D eigenvalue weighted by molar-refractivity contribution is 5.74. The SMILES string of the molecule is Cc1c(CC(C(=O)O)N(C)C)ccc(Oc2ccc(O)cc2)c1C. The number of carboxylic acids is 1. The monoisotopic (exact) mass is 329 g/mol. The summed E-state index contributed by atoms with van der Waals surface area (Å²) in [6.45, 7) is 3.93. The first-order chi connectivity index (χ1) is 11.3. The first kappa shape index (κ1) is 17.8. The summed E-state index contributed by atoms with van der Waals surface area (Å²) in [5, 5.41) is 18.7. The largest absolute Gasteiger partial charge is 0.508 e. The first-order valence-corrected chi connectivity index (χ1v) is 7.74. The number of hydrogen-bond acceptors (Lipinski definition) is 4. The molecule has 24 heavy (non-hydrogen) atoms. The molecule has 0 spiro atoms. The van der Waals surface area contributed by atoms with E-state index in [9.17, 15) is 15.0 Å². The van der Waals surface area contributed by atoms with Crippen LogP contribution in [-0.4, -0.2) is 41.2 Å². The van der Waals surface area contributed by atoms with E-state index in [1.165, 1.54) is 0 Å². The third kappa shape index (κ3) is 4.06. The second-order valence-corrected chi connectivity index (χ2v) is 6.09. The van der Waals surface area contributed by atoms with Crippen LogP contribution in [-0.2, 0) is 11.2 Å². The van der Waals surface area contributed by atoms with E-state index in [4.69, 9.17) is 4.74 Å². The van der Waals surface area contributed by atoms with Crippen molar-refractivity contribution in [3.05, 3.63) is 53.1 Å².